The number of Topliss-reactive ketones (excluding diaryl/α,β-unsaturated/α-hetero) is 2. The number of benzene rings is 1. The van der Waals surface area contributed by atoms with Crippen molar-refractivity contribution in [3.63, 3.8) is 0 Å². The number of amides is 3. The first-order valence-corrected chi connectivity index (χ1v) is 18.1. The van der Waals surface area contributed by atoms with Gasteiger partial charge in [0, 0.05) is 56.4 Å². The second-order valence-electron chi connectivity index (χ2n) is 16.1. The van der Waals surface area contributed by atoms with Crippen molar-refractivity contribution in [2.45, 2.75) is 103 Å². The van der Waals surface area contributed by atoms with Gasteiger partial charge in [0.15, 0.2) is 11.4 Å². The Kier molecular flexibility index (Phi) is 11.4. The summed E-state index contributed by atoms with van der Waals surface area (Å²) in [6.07, 6.45) is 3.97. The number of methoxy groups -OCH3 is 2. The Labute approximate surface area is 304 Å². The number of ketones is 2. The van der Waals surface area contributed by atoms with Gasteiger partial charge in [0.05, 0.1) is 37.5 Å². The van der Waals surface area contributed by atoms with E-state index in [0.717, 1.165) is 25.7 Å². The third kappa shape index (κ3) is 8.85. The van der Waals surface area contributed by atoms with Crippen LogP contribution in [0, 0.1) is 22.7 Å². The molecule has 3 N–H and O–H groups in total. The summed E-state index contributed by atoms with van der Waals surface area (Å²) in [5.41, 5.74) is 4.40. The molecule has 0 radical (unpaired) electrons. The maximum Gasteiger partial charge on any atom is 0.285 e. The van der Waals surface area contributed by atoms with Crippen LogP contribution in [0.25, 0.3) is 0 Å². The van der Waals surface area contributed by atoms with Crippen LogP contribution in [-0.2, 0) is 33.5 Å². The van der Waals surface area contributed by atoms with Gasteiger partial charge in [-0.3, -0.25) is 24.0 Å². The summed E-state index contributed by atoms with van der Waals surface area (Å²) in [5, 5.41) is 7.75. The van der Waals surface area contributed by atoms with Gasteiger partial charge < -0.3 is 35.0 Å². The van der Waals surface area contributed by atoms with Crippen molar-refractivity contribution in [3.05, 3.63) is 22.7 Å². The van der Waals surface area contributed by atoms with E-state index < -0.39 is 46.6 Å². The van der Waals surface area contributed by atoms with Crippen molar-refractivity contribution < 1.29 is 43.0 Å². The molecule has 3 amide bonds. The Morgan fingerprint density at radius 2 is 1.76 bits per heavy atom. The van der Waals surface area contributed by atoms with E-state index in [-0.39, 0.29) is 55.3 Å². The molecule has 5 rings (SSSR count). The smallest absolute Gasteiger partial charge is 0.285 e. The Morgan fingerprint density at radius 3 is 2.35 bits per heavy atom. The fourth-order valence-electron chi connectivity index (χ4n) is 7.49. The molecule has 2 saturated heterocycles. The first kappa shape index (κ1) is 38.5. The zero-order chi connectivity index (χ0) is 37.3. The number of rotatable bonds is 14. The van der Waals surface area contributed by atoms with Gasteiger partial charge in [-0.1, -0.05) is 57.3 Å². The highest BCUT2D eigenvalue weighted by molar-refractivity contribution is 6.36. The molecule has 51 heavy (non-hydrogen) atoms. The molecule has 4 atom stereocenters. The summed E-state index contributed by atoms with van der Waals surface area (Å²) in [6, 6.07) is 1.33. The summed E-state index contributed by atoms with van der Waals surface area (Å²) in [5.74, 6) is -2.70. The van der Waals surface area contributed by atoms with Gasteiger partial charge in [0.25, 0.3) is 5.91 Å². The molecule has 0 unspecified atom stereocenters. The van der Waals surface area contributed by atoms with E-state index in [9.17, 15) is 24.0 Å². The topological polar surface area (TPSA) is 176 Å². The summed E-state index contributed by atoms with van der Waals surface area (Å²) in [7, 11) is 3.01. The predicted molar refractivity (Wildman–Crippen MR) is 188 cm³/mol. The van der Waals surface area contributed by atoms with Crippen LogP contribution in [0.15, 0.2) is 17.3 Å². The molecule has 280 valence electrons. The zero-order valence-electron chi connectivity index (χ0n) is 30.5. The molecular formula is C37H51ClN4O9. The number of halogens is 1. The lowest BCUT2D eigenvalue weighted by Gasteiger charge is -2.37. The molecule has 0 aromatic heterocycles. The van der Waals surface area contributed by atoms with Crippen LogP contribution in [0.2, 0.25) is 5.02 Å². The SMILES string of the molecule is COc1cc(OC)c(C2=NO[C@]3(C2)C[C@@H](C(=O)C[C@@H](CC2CC2)C(=O)C(N)=O)N(C(=O)[C@@H](NC(=O)CC2(C)CCOCC2)C(C)(C)C)C3)cc1Cl. The lowest BCUT2D eigenvalue weighted by atomic mass is 9.78. The minimum absolute atomic E-state index is 0.00396. The van der Waals surface area contributed by atoms with Crippen LogP contribution in [0.4, 0.5) is 0 Å². The van der Waals surface area contributed by atoms with E-state index in [2.05, 4.69) is 10.5 Å². The average molecular weight is 731 g/mol. The number of carbonyl (C=O) groups excluding carboxylic acids is 5. The molecule has 3 heterocycles. The third-order valence-electron chi connectivity index (χ3n) is 10.8. The predicted octanol–water partition coefficient (Wildman–Crippen LogP) is 3.99. The summed E-state index contributed by atoms with van der Waals surface area (Å²) in [4.78, 5) is 74.9. The Balaban J connectivity index is 1.43. The van der Waals surface area contributed by atoms with Crippen LogP contribution in [0.3, 0.4) is 0 Å². The Morgan fingerprint density at radius 1 is 1.10 bits per heavy atom. The normalized spacial score (nSPS) is 23.9. The summed E-state index contributed by atoms with van der Waals surface area (Å²) < 4.78 is 16.4. The second-order valence-corrected chi connectivity index (χ2v) is 16.5. The molecule has 1 aromatic rings. The Bertz CT molecular complexity index is 1580. The highest BCUT2D eigenvalue weighted by Crippen LogP contribution is 2.44. The Hall–Kier alpha value is -3.71. The summed E-state index contributed by atoms with van der Waals surface area (Å²) >= 11 is 6.47. The first-order valence-electron chi connectivity index (χ1n) is 17.7. The lowest BCUT2D eigenvalue weighted by molar-refractivity contribution is -0.145. The third-order valence-corrected chi connectivity index (χ3v) is 11.1. The maximum absolute atomic E-state index is 14.7. The van der Waals surface area contributed by atoms with Gasteiger partial charge in [-0.25, -0.2) is 0 Å². The molecule has 13 nitrogen and oxygen atoms in total. The van der Waals surface area contributed by atoms with Crippen LogP contribution >= 0.6 is 11.6 Å². The van der Waals surface area contributed by atoms with Gasteiger partial charge in [-0.2, -0.15) is 0 Å². The summed E-state index contributed by atoms with van der Waals surface area (Å²) in [6.45, 7) is 8.77. The van der Waals surface area contributed by atoms with Crippen molar-refractivity contribution in [1.82, 2.24) is 10.2 Å². The van der Waals surface area contributed by atoms with Gasteiger partial charge in [-0.15, -0.1) is 0 Å². The minimum Gasteiger partial charge on any atom is -0.496 e. The molecule has 1 aliphatic carbocycles. The molecular weight excluding hydrogens is 680 g/mol. The number of hydrogen-bond donors (Lipinski definition) is 2. The quantitative estimate of drug-likeness (QED) is 0.268. The van der Waals surface area contributed by atoms with Gasteiger partial charge >= 0.3 is 0 Å². The van der Waals surface area contributed by atoms with Gasteiger partial charge in [0.2, 0.25) is 17.6 Å². The lowest BCUT2D eigenvalue weighted by Crippen LogP contribution is -2.57. The highest BCUT2D eigenvalue weighted by Gasteiger charge is 2.56. The molecule has 0 bridgehead atoms. The van der Waals surface area contributed by atoms with E-state index >= 15 is 0 Å². The molecule has 1 spiro atoms. The number of nitrogens with two attached hydrogens (primary N) is 1. The first-order chi connectivity index (χ1) is 24.0. The van der Waals surface area contributed by atoms with E-state index in [1.807, 2.05) is 27.7 Å². The zero-order valence-corrected chi connectivity index (χ0v) is 31.2. The van der Waals surface area contributed by atoms with Crippen molar-refractivity contribution in [1.29, 1.82) is 0 Å². The highest BCUT2D eigenvalue weighted by atomic mass is 35.5. The molecule has 1 aromatic carbocycles. The number of carbonyl (C=O) groups is 5. The minimum atomic E-state index is -1.09. The number of oxime groups is 1. The largest absolute Gasteiger partial charge is 0.496 e. The van der Waals surface area contributed by atoms with Crippen LogP contribution in [-0.4, -0.2) is 91.6 Å². The van der Waals surface area contributed by atoms with Crippen molar-refractivity contribution in [2.24, 2.45) is 33.6 Å². The standard InChI is InChI=1S/C37H51ClN4O9/c1-35(2,3)32(40-30(44)19-36(4)9-11-50-12-10-36)34(47)42-20-37(17-25(41-51-37)23-15-24(38)29(49-6)16-28(23)48-5)18-26(42)27(43)14-22(13-21-7-8-21)31(45)33(39)46/h15-16,21-22,26,32H,7-14,17-20H2,1-6H3,(H2,39,46)(H,40,44)/t22-,26+,32-,37-/m1/s1. The number of primary amides is 1. The van der Waals surface area contributed by atoms with Crippen LogP contribution < -0.4 is 20.5 Å². The number of hydrogen-bond acceptors (Lipinski definition) is 10. The number of ether oxygens (including phenoxy) is 3. The fourth-order valence-corrected chi connectivity index (χ4v) is 7.73. The molecule has 3 fully saturated rings. The number of nitrogens with zero attached hydrogens (tertiary/aromatic N) is 2. The molecule has 1 saturated carbocycles. The van der Waals surface area contributed by atoms with Crippen molar-refractivity contribution in [2.75, 3.05) is 34.0 Å². The van der Waals surface area contributed by atoms with Gasteiger partial charge in [0.1, 0.15) is 17.5 Å². The van der Waals surface area contributed by atoms with E-state index in [1.165, 1.54) is 19.1 Å². The molecule has 3 aliphatic heterocycles. The monoisotopic (exact) mass is 730 g/mol. The van der Waals surface area contributed by atoms with E-state index in [0.29, 0.717) is 47.4 Å². The maximum atomic E-state index is 14.7. The van der Waals surface area contributed by atoms with E-state index in [1.54, 1.807) is 12.1 Å². The van der Waals surface area contributed by atoms with E-state index in [4.69, 9.17) is 36.4 Å². The van der Waals surface area contributed by atoms with Crippen molar-refractivity contribution in [3.8, 4) is 11.5 Å². The van der Waals surface area contributed by atoms with Crippen LogP contribution in [0.5, 0.6) is 11.5 Å². The van der Waals surface area contributed by atoms with Crippen LogP contribution in [0.1, 0.15) is 91.0 Å². The molecule has 4 aliphatic rings. The fraction of sp³-hybridized carbons (Fsp3) is 0.676. The molecule has 14 heteroatoms. The van der Waals surface area contributed by atoms with Gasteiger partial charge in [-0.05, 0) is 42.1 Å². The number of likely N-dealkylation sites (tertiary alicyclic amines) is 1. The second kappa shape index (κ2) is 15.1. The average Bonchev–Trinajstić information content (AvgIpc) is 3.67. The number of nitrogens with one attached hydrogen (secondary N) is 1. The van der Waals surface area contributed by atoms with Crippen molar-refractivity contribution >= 4 is 46.6 Å².